The molecule has 0 unspecified atom stereocenters. The fourth-order valence-corrected chi connectivity index (χ4v) is 4.66. The molecular weight excluding hydrogens is 526 g/mol. The molecule has 0 bridgehead atoms. The maximum absolute atomic E-state index is 13.0. The number of carbonyl (C=O) groups excluding carboxylic acids is 2. The predicted octanol–water partition coefficient (Wildman–Crippen LogP) is 6.94. The van der Waals surface area contributed by atoms with Crippen LogP contribution in [0.25, 0.3) is 10.4 Å². The molecule has 4 nitrogen and oxygen atoms in total. The number of thioether (sulfide) groups is 1. The predicted molar refractivity (Wildman–Crippen MR) is 119 cm³/mol. The van der Waals surface area contributed by atoms with Crippen LogP contribution >= 0.6 is 34.7 Å². The number of primary amides is 1. The highest BCUT2D eigenvalue weighted by atomic mass is 35.5. The SMILES string of the molecule is NC(=O)c1sc(-c2ccc(Cl)cc2)cc1NC(=O)CSc1cc(C(F)(F)F)cc(C(F)(F)F)c1. The van der Waals surface area contributed by atoms with Crippen molar-refractivity contribution in [3.8, 4) is 10.4 Å². The van der Waals surface area contributed by atoms with E-state index in [-0.39, 0.29) is 21.5 Å². The minimum absolute atomic E-state index is 0.00686. The molecule has 0 fully saturated rings. The van der Waals surface area contributed by atoms with Crippen molar-refractivity contribution in [2.24, 2.45) is 5.73 Å². The van der Waals surface area contributed by atoms with Crippen LogP contribution in [0.5, 0.6) is 0 Å². The van der Waals surface area contributed by atoms with Crippen LogP contribution in [0, 0.1) is 0 Å². The molecule has 1 aromatic heterocycles. The van der Waals surface area contributed by atoms with Crippen molar-refractivity contribution in [2.75, 3.05) is 11.1 Å². The number of hydrogen-bond donors (Lipinski definition) is 2. The lowest BCUT2D eigenvalue weighted by Gasteiger charge is -2.14. The number of carbonyl (C=O) groups is 2. The van der Waals surface area contributed by atoms with Crippen molar-refractivity contribution in [1.82, 2.24) is 0 Å². The second-order valence-corrected chi connectivity index (χ2v) is 9.34. The molecule has 0 aliphatic heterocycles. The zero-order chi connectivity index (χ0) is 25.3. The summed E-state index contributed by atoms with van der Waals surface area (Å²) in [5.41, 5.74) is 3.17. The van der Waals surface area contributed by atoms with E-state index in [1.807, 2.05) is 0 Å². The van der Waals surface area contributed by atoms with E-state index < -0.39 is 41.0 Å². The summed E-state index contributed by atoms with van der Waals surface area (Å²) in [4.78, 5) is 24.4. The van der Waals surface area contributed by atoms with Crippen LogP contribution in [0.15, 0.2) is 53.4 Å². The maximum atomic E-state index is 13.0. The van der Waals surface area contributed by atoms with Gasteiger partial charge in [-0.05, 0) is 42.0 Å². The third kappa shape index (κ3) is 6.45. The van der Waals surface area contributed by atoms with Crippen LogP contribution in [0.3, 0.4) is 0 Å². The maximum Gasteiger partial charge on any atom is 0.416 e. The Kier molecular flexibility index (Phi) is 7.53. The van der Waals surface area contributed by atoms with Gasteiger partial charge >= 0.3 is 12.4 Å². The molecule has 0 radical (unpaired) electrons. The lowest BCUT2D eigenvalue weighted by molar-refractivity contribution is -0.143. The van der Waals surface area contributed by atoms with Crippen LogP contribution < -0.4 is 11.1 Å². The quantitative estimate of drug-likeness (QED) is 0.264. The lowest BCUT2D eigenvalue weighted by Crippen LogP contribution is -2.18. The van der Waals surface area contributed by atoms with Crippen molar-refractivity contribution in [3.05, 3.63) is 69.6 Å². The number of alkyl halides is 6. The number of hydrogen-bond acceptors (Lipinski definition) is 4. The summed E-state index contributed by atoms with van der Waals surface area (Å²) in [7, 11) is 0. The molecule has 0 aliphatic carbocycles. The smallest absolute Gasteiger partial charge is 0.365 e. The van der Waals surface area contributed by atoms with Crippen molar-refractivity contribution < 1.29 is 35.9 Å². The molecular formula is C21H13ClF6N2O2S2. The first-order valence-electron chi connectivity index (χ1n) is 9.16. The first kappa shape index (κ1) is 25.9. The number of anilines is 1. The van der Waals surface area contributed by atoms with Crippen molar-refractivity contribution in [2.45, 2.75) is 17.2 Å². The molecule has 0 atom stereocenters. The van der Waals surface area contributed by atoms with E-state index in [0.29, 0.717) is 39.4 Å². The molecule has 3 aromatic rings. The molecule has 0 saturated heterocycles. The summed E-state index contributed by atoms with van der Waals surface area (Å²) in [6, 6.07) is 9.18. The van der Waals surface area contributed by atoms with Crippen LogP contribution in [-0.4, -0.2) is 17.6 Å². The zero-order valence-corrected chi connectivity index (χ0v) is 19.1. The molecule has 13 heteroatoms. The highest BCUT2D eigenvalue weighted by Gasteiger charge is 2.37. The number of nitrogens with two attached hydrogens (primary N) is 1. The highest BCUT2D eigenvalue weighted by molar-refractivity contribution is 8.00. The van der Waals surface area contributed by atoms with Gasteiger partial charge in [-0.1, -0.05) is 23.7 Å². The molecule has 1 heterocycles. The summed E-state index contributed by atoms with van der Waals surface area (Å²) < 4.78 is 78.0. The van der Waals surface area contributed by atoms with E-state index in [1.165, 1.54) is 6.07 Å². The molecule has 180 valence electrons. The summed E-state index contributed by atoms with van der Waals surface area (Å²) in [6.45, 7) is 0. The van der Waals surface area contributed by atoms with Crippen LogP contribution in [0.4, 0.5) is 32.0 Å². The van der Waals surface area contributed by atoms with Gasteiger partial charge in [0, 0.05) is 14.8 Å². The minimum Gasteiger partial charge on any atom is -0.365 e. The van der Waals surface area contributed by atoms with Gasteiger partial charge in [-0.3, -0.25) is 9.59 Å². The minimum atomic E-state index is -5.00. The summed E-state index contributed by atoms with van der Waals surface area (Å²) in [5.74, 6) is -2.08. The normalized spacial score (nSPS) is 12.0. The van der Waals surface area contributed by atoms with Gasteiger partial charge in [0.05, 0.1) is 22.6 Å². The number of amides is 2. The van der Waals surface area contributed by atoms with Gasteiger partial charge in [0.15, 0.2) is 0 Å². The van der Waals surface area contributed by atoms with Crippen molar-refractivity contribution in [3.63, 3.8) is 0 Å². The Morgan fingerprint density at radius 2 is 1.50 bits per heavy atom. The zero-order valence-electron chi connectivity index (χ0n) is 16.7. The van der Waals surface area contributed by atoms with Crippen molar-refractivity contribution in [1.29, 1.82) is 0 Å². The average molecular weight is 539 g/mol. The lowest BCUT2D eigenvalue weighted by atomic mass is 10.1. The summed E-state index contributed by atoms with van der Waals surface area (Å²) in [5, 5.41) is 2.92. The third-order valence-corrected chi connectivity index (χ3v) is 6.72. The molecule has 2 aromatic carbocycles. The standard InChI is InChI=1S/C21H13ClF6N2O2S2/c22-13-3-1-10(2-4-13)16-8-15(18(34-16)19(29)32)30-17(31)9-33-14-6-11(20(23,24)25)5-12(7-14)21(26,27)28/h1-8H,9H2,(H2,29,32)(H,30,31). The molecule has 3 rings (SSSR count). The Bertz CT molecular complexity index is 1190. The molecule has 0 spiro atoms. The van der Waals surface area contributed by atoms with Gasteiger partial charge in [0.1, 0.15) is 4.88 Å². The summed E-state index contributed by atoms with van der Waals surface area (Å²) >= 11 is 7.35. The van der Waals surface area contributed by atoms with Gasteiger partial charge in [-0.2, -0.15) is 26.3 Å². The van der Waals surface area contributed by atoms with Gasteiger partial charge in [-0.15, -0.1) is 23.1 Å². The van der Waals surface area contributed by atoms with Gasteiger partial charge in [0.25, 0.3) is 5.91 Å². The van der Waals surface area contributed by atoms with Gasteiger partial charge in [0.2, 0.25) is 5.91 Å². The topological polar surface area (TPSA) is 72.2 Å². The first-order valence-corrected chi connectivity index (χ1v) is 11.3. The molecule has 0 saturated carbocycles. The number of nitrogens with one attached hydrogen (secondary N) is 1. The fraction of sp³-hybridized carbons (Fsp3) is 0.143. The van der Waals surface area contributed by atoms with E-state index in [0.717, 1.165) is 11.3 Å². The van der Waals surface area contributed by atoms with E-state index >= 15 is 0 Å². The van der Waals surface area contributed by atoms with Gasteiger partial charge in [-0.25, -0.2) is 0 Å². The van der Waals surface area contributed by atoms with E-state index in [4.69, 9.17) is 17.3 Å². The number of halogens is 7. The van der Waals surface area contributed by atoms with Crippen LogP contribution in [0.2, 0.25) is 5.02 Å². The van der Waals surface area contributed by atoms with Gasteiger partial charge < -0.3 is 11.1 Å². The molecule has 0 aliphatic rings. The average Bonchev–Trinajstić information content (AvgIpc) is 3.15. The molecule has 2 amide bonds. The Morgan fingerprint density at radius 3 is 2.00 bits per heavy atom. The van der Waals surface area contributed by atoms with E-state index in [2.05, 4.69) is 5.32 Å². The Balaban J connectivity index is 1.79. The number of thiophene rings is 1. The Hall–Kier alpha value is -2.70. The molecule has 3 N–H and O–H groups in total. The third-order valence-electron chi connectivity index (χ3n) is 4.29. The van der Waals surface area contributed by atoms with E-state index in [1.54, 1.807) is 24.3 Å². The first-order chi connectivity index (χ1) is 15.7. The van der Waals surface area contributed by atoms with E-state index in [9.17, 15) is 35.9 Å². The van der Waals surface area contributed by atoms with Crippen LogP contribution in [0.1, 0.15) is 20.8 Å². The van der Waals surface area contributed by atoms with Crippen LogP contribution in [-0.2, 0) is 17.1 Å². The highest BCUT2D eigenvalue weighted by Crippen LogP contribution is 2.39. The number of benzene rings is 2. The Morgan fingerprint density at radius 1 is 0.941 bits per heavy atom. The monoisotopic (exact) mass is 538 g/mol. The van der Waals surface area contributed by atoms with Crippen molar-refractivity contribution >= 4 is 52.2 Å². The number of rotatable bonds is 6. The fourth-order valence-electron chi connectivity index (χ4n) is 2.77. The largest absolute Gasteiger partial charge is 0.416 e. The second kappa shape index (κ2) is 9.88. The Labute approximate surface area is 202 Å². The second-order valence-electron chi connectivity index (χ2n) is 6.80. The molecule has 34 heavy (non-hydrogen) atoms. The summed E-state index contributed by atoms with van der Waals surface area (Å²) in [6.07, 6.45) is -9.99.